The summed E-state index contributed by atoms with van der Waals surface area (Å²) in [4.78, 5) is 12.9. The summed E-state index contributed by atoms with van der Waals surface area (Å²) in [6.07, 6.45) is 0. The quantitative estimate of drug-likeness (QED) is 0.786. The molecule has 4 heteroatoms. The molecule has 0 radical (unpaired) electrons. The predicted molar refractivity (Wildman–Crippen MR) is 62.5 cm³/mol. The van der Waals surface area contributed by atoms with Gasteiger partial charge < -0.3 is 4.74 Å². The minimum absolute atomic E-state index is 0.218. The third-order valence-electron chi connectivity index (χ3n) is 2.02. The standard InChI is InChI=1S/C11H14BrNO2/c1-13(8-11(14)15-2)7-9-5-3-4-6-10(9)12/h3-6H,7-8H2,1-2H3. The van der Waals surface area contributed by atoms with E-state index in [1.165, 1.54) is 7.11 Å². The van der Waals surface area contributed by atoms with Crippen LogP contribution in [0.2, 0.25) is 0 Å². The number of halogens is 1. The first-order chi connectivity index (χ1) is 7.13. The average Bonchev–Trinajstić information content (AvgIpc) is 2.21. The van der Waals surface area contributed by atoms with Crippen LogP contribution in [0.1, 0.15) is 5.56 Å². The van der Waals surface area contributed by atoms with E-state index < -0.39 is 0 Å². The summed E-state index contributed by atoms with van der Waals surface area (Å²) >= 11 is 3.47. The molecule has 0 aliphatic carbocycles. The normalized spacial score (nSPS) is 10.4. The maximum absolute atomic E-state index is 11.0. The maximum Gasteiger partial charge on any atom is 0.319 e. The van der Waals surface area contributed by atoms with Crippen LogP contribution in [0.25, 0.3) is 0 Å². The molecule has 0 bridgehead atoms. The van der Waals surface area contributed by atoms with Crippen molar-refractivity contribution >= 4 is 21.9 Å². The molecule has 0 aliphatic rings. The number of hydrogen-bond donors (Lipinski definition) is 0. The van der Waals surface area contributed by atoms with Gasteiger partial charge in [0.2, 0.25) is 0 Å². The number of likely N-dealkylation sites (N-methyl/N-ethyl adjacent to an activating group) is 1. The summed E-state index contributed by atoms with van der Waals surface area (Å²) in [6, 6.07) is 7.96. The van der Waals surface area contributed by atoms with Crippen molar-refractivity contribution in [3.05, 3.63) is 34.3 Å². The summed E-state index contributed by atoms with van der Waals surface area (Å²) in [5.41, 5.74) is 1.16. The Hall–Kier alpha value is -0.870. The number of hydrogen-bond acceptors (Lipinski definition) is 3. The molecule has 0 spiro atoms. The second-order valence-corrected chi connectivity index (χ2v) is 4.19. The predicted octanol–water partition coefficient (Wildman–Crippen LogP) is 2.05. The van der Waals surface area contributed by atoms with Gasteiger partial charge in [0.05, 0.1) is 13.7 Å². The van der Waals surface area contributed by atoms with Crippen molar-refractivity contribution in [2.75, 3.05) is 20.7 Å². The molecule has 82 valence electrons. The summed E-state index contributed by atoms with van der Waals surface area (Å²) < 4.78 is 5.65. The van der Waals surface area contributed by atoms with Crippen LogP contribution < -0.4 is 0 Å². The second-order valence-electron chi connectivity index (χ2n) is 3.34. The smallest absolute Gasteiger partial charge is 0.319 e. The molecular formula is C11H14BrNO2. The zero-order valence-electron chi connectivity index (χ0n) is 8.87. The zero-order chi connectivity index (χ0) is 11.3. The van der Waals surface area contributed by atoms with Gasteiger partial charge >= 0.3 is 5.97 Å². The molecular weight excluding hydrogens is 258 g/mol. The molecule has 1 rings (SSSR count). The van der Waals surface area contributed by atoms with Crippen LogP contribution in [-0.4, -0.2) is 31.6 Å². The van der Waals surface area contributed by atoms with Crippen LogP contribution in [0.15, 0.2) is 28.7 Å². The highest BCUT2D eigenvalue weighted by Gasteiger charge is 2.07. The van der Waals surface area contributed by atoms with Crippen molar-refractivity contribution in [2.24, 2.45) is 0 Å². The molecule has 0 amide bonds. The van der Waals surface area contributed by atoms with Gasteiger partial charge in [-0.2, -0.15) is 0 Å². The van der Waals surface area contributed by atoms with E-state index in [4.69, 9.17) is 0 Å². The van der Waals surface area contributed by atoms with Crippen LogP contribution in [0, 0.1) is 0 Å². The topological polar surface area (TPSA) is 29.5 Å². The average molecular weight is 272 g/mol. The highest BCUT2D eigenvalue weighted by Crippen LogP contribution is 2.16. The van der Waals surface area contributed by atoms with Gasteiger partial charge in [-0.05, 0) is 18.7 Å². The van der Waals surface area contributed by atoms with Gasteiger partial charge in [-0.25, -0.2) is 0 Å². The Morgan fingerprint density at radius 3 is 2.73 bits per heavy atom. The third-order valence-corrected chi connectivity index (χ3v) is 2.80. The summed E-state index contributed by atoms with van der Waals surface area (Å²) in [6.45, 7) is 1.02. The minimum Gasteiger partial charge on any atom is -0.468 e. The molecule has 1 aromatic carbocycles. The van der Waals surface area contributed by atoms with E-state index in [1.807, 2.05) is 36.2 Å². The molecule has 3 nitrogen and oxygen atoms in total. The molecule has 0 unspecified atom stereocenters. The molecule has 0 atom stereocenters. The van der Waals surface area contributed by atoms with E-state index >= 15 is 0 Å². The van der Waals surface area contributed by atoms with Crippen LogP contribution >= 0.6 is 15.9 Å². The molecule has 0 aromatic heterocycles. The van der Waals surface area contributed by atoms with Crippen LogP contribution in [0.4, 0.5) is 0 Å². The monoisotopic (exact) mass is 271 g/mol. The second kappa shape index (κ2) is 5.88. The molecule has 0 heterocycles. The summed E-state index contributed by atoms with van der Waals surface area (Å²) in [7, 11) is 3.28. The van der Waals surface area contributed by atoms with Crippen molar-refractivity contribution < 1.29 is 9.53 Å². The van der Waals surface area contributed by atoms with Gasteiger partial charge in [-0.15, -0.1) is 0 Å². The Morgan fingerprint density at radius 2 is 2.13 bits per heavy atom. The number of benzene rings is 1. The Bertz CT molecular complexity index is 341. The number of nitrogens with zero attached hydrogens (tertiary/aromatic N) is 1. The Balaban J connectivity index is 2.55. The highest BCUT2D eigenvalue weighted by molar-refractivity contribution is 9.10. The molecule has 0 saturated carbocycles. The first-order valence-corrected chi connectivity index (χ1v) is 5.41. The molecule has 15 heavy (non-hydrogen) atoms. The van der Waals surface area contributed by atoms with Gasteiger partial charge in [0.15, 0.2) is 0 Å². The van der Waals surface area contributed by atoms with Gasteiger partial charge in [-0.1, -0.05) is 34.1 Å². The number of carbonyl (C=O) groups is 1. The summed E-state index contributed by atoms with van der Waals surface area (Å²) in [5.74, 6) is -0.218. The maximum atomic E-state index is 11.0. The highest BCUT2D eigenvalue weighted by atomic mass is 79.9. The van der Waals surface area contributed by atoms with E-state index in [2.05, 4.69) is 20.7 Å². The van der Waals surface area contributed by atoms with Crippen molar-refractivity contribution in [3.8, 4) is 0 Å². The minimum atomic E-state index is -0.218. The number of ether oxygens (including phenoxy) is 1. The van der Waals surface area contributed by atoms with E-state index in [0.29, 0.717) is 6.54 Å². The van der Waals surface area contributed by atoms with Crippen molar-refractivity contribution in [3.63, 3.8) is 0 Å². The van der Waals surface area contributed by atoms with Crippen molar-refractivity contribution in [2.45, 2.75) is 6.54 Å². The summed E-state index contributed by atoms with van der Waals surface area (Å²) in [5, 5.41) is 0. The van der Waals surface area contributed by atoms with Gasteiger partial charge in [0, 0.05) is 11.0 Å². The first-order valence-electron chi connectivity index (χ1n) is 4.62. The Kier molecular flexibility index (Phi) is 4.78. The fraction of sp³-hybridized carbons (Fsp3) is 0.364. The van der Waals surface area contributed by atoms with E-state index in [-0.39, 0.29) is 5.97 Å². The lowest BCUT2D eigenvalue weighted by molar-refractivity contribution is -0.141. The van der Waals surface area contributed by atoms with Crippen LogP contribution in [0.3, 0.4) is 0 Å². The lowest BCUT2D eigenvalue weighted by atomic mass is 10.2. The molecule has 0 aliphatic heterocycles. The molecule has 1 aromatic rings. The number of esters is 1. The number of rotatable bonds is 4. The Morgan fingerprint density at radius 1 is 1.47 bits per heavy atom. The first kappa shape index (κ1) is 12.2. The van der Waals surface area contributed by atoms with Crippen LogP contribution in [0.5, 0.6) is 0 Å². The third kappa shape index (κ3) is 4.01. The fourth-order valence-electron chi connectivity index (χ4n) is 1.26. The van der Waals surface area contributed by atoms with Gasteiger partial charge in [-0.3, -0.25) is 9.69 Å². The van der Waals surface area contributed by atoms with E-state index in [9.17, 15) is 4.79 Å². The molecule has 0 fully saturated rings. The lowest BCUT2D eigenvalue weighted by Gasteiger charge is -2.15. The lowest BCUT2D eigenvalue weighted by Crippen LogP contribution is -2.26. The molecule has 0 N–H and O–H groups in total. The van der Waals surface area contributed by atoms with E-state index in [1.54, 1.807) is 0 Å². The van der Waals surface area contributed by atoms with Crippen molar-refractivity contribution in [1.82, 2.24) is 4.90 Å². The largest absolute Gasteiger partial charge is 0.468 e. The van der Waals surface area contributed by atoms with Gasteiger partial charge in [0.25, 0.3) is 0 Å². The zero-order valence-corrected chi connectivity index (χ0v) is 10.5. The molecule has 0 saturated heterocycles. The van der Waals surface area contributed by atoms with Crippen molar-refractivity contribution in [1.29, 1.82) is 0 Å². The van der Waals surface area contributed by atoms with Gasteiger partial charge in [0.1, 0.15) is 0 Å². The fourth-order valence-corrected chi connectivity index (χ4v) is 1.67. The number of carbonyl (C=O) groups excluding carboxylic acids is 1. The SMILES string of the molecule is COC(=O)CN(C)Cc1ccccc1Br. The Labute approximate surface area is 98.2 Å². The number of methoxy groups -OCH3 is 1. The van der Waals surface area contributed by atoms with Crippen LogP contribution in [-0.2, 0) is 16.1 Å². The van der Waals surface area contributed by atoms with E-state index in [0.717, 1.165) is 16.6 Å².